The third-order valence-electron chi connectivity index (χ3n) is 8.28. The van der Waals surface area contributed by atoms with Crippen LogP contribution in [-0.4, -0.2) is 71.3 Å². The Morgan fingerprint density at radius 2 is 1.78 bits per heavy atom. The Bertz CT molecular complexity index is 1160. The van der Waals surface area contributed by atoms with Gasteiger partial charge >= 0.3 is 5.97 Å². The second-order valence-corrected chi connectivity index (χ2v) is 10.8. The summed E-state index contributed by atoms with van der Waals surface area (Å²) in [6.45, 7) is 6.76. The number of hydrogen-bond donors (Lipinski definition) is 1. The van der Waals surface area contributed by atoms with Gasteiger partial charge in [0.15, 0.2) is 0 Å². The van der Waals surface area contributed by atoms with Crippen LogP contribution in [0.25, 0.3) is 0 Å². The molecule has 0 bridgehead atoms. The Morgan fingerprint density at radius 1 is 1.00 bits per heavy atom. The standard InChI is InChI=1S/C29H36N2O6/c1-19-10-11-20(2)21(18-19)30-15-8-13-29-22(23-27(35)36-17-9-12-28(23,3)37-29)25(33)31(24(29)26(30)34)14-6-4-5-7-16-32/h8-13,18,22-24,32H,4-7,14-17H2,1-3H3/t22-,23+,24?,28-,29-/m0/s1. The summed E-state index contributed by atoms with van der Waals surface area (Å²) in [7, 11) is 0. The largest absolute Gasteiger partial charge is 0.461 e. The third-order valence-corrected chi connectivity index (χ3v) is 8.28. The molecular formula is C29H36N2O6. The second kappa shape index (κ2) is 9.72. The van der Waals surface area contributed by atoms with Crippen molar-refractivity contribution in [3.05, 3.63) is 53.6 Å². The number of cyclic esters (lactones) is 1. The van der Waals surface area contributed by atoms with E-state index in [-0.39, 0.29) is 25.0 Å². The molecule has 4 aliphatic rings. The lowest BCUT2D eigenvalue weighted by Crippen LogP contribution is -2.56. The van der Waals surface area contributed by atoms with Gasteiger partial charge in [-0.15, -0.1) is 0 Å². The van der Waals surface area contributed by atoms with Crippen LogP contribution in [0.15, 0.2) is 42.5 Å². The van der Waals surface area contributed by atoms with Gasteiger partial charge in [0.05, 0.1) is 11.5 Å². The van der Waals surface area contributed by atoms with E-state index < -0.39 is 35.0 Å². The molecule has 1 aromatic carbocycles. The Labute approximate surface area is 217 Å². The third kappa shape index (κ3) is 4.10. The Morgan fingerprint density at radius 3 is 2.57 bits per heavy atom. The lowest BCUT2D eigenvalue weighted by molar-refractivity contribution is -0.156. The first-order chi connectivity index (χ1) is 17.7. The van der Waals surface area contributed by atoms with E-state index in [2.05, 4.69) is 0 Å². The number of unbranched alkanes of at least 4 members (excludes halogenated alkanes) is 3. The van der Waals surface area contributed by atoms with Crippen LogP contribution in [0.1, 0.15) is 43.7 Å². The highest BCUT2D eigenvalue weighted by molar-refractivity contribution is 6.06. The van der Waals surface area contributed by atoms with Crippen molar-refractivity contribution in [2.75, 3.05) is 31.2 Å². The molecular weight excluding hydrogens is 472 g/mol. The molecule has 2 amide bonds. The zero-order valence-corrected chi connectivity index (χ0v) is 21.8. The van der Waals surface area contributed by atoms with Gasteiger partial charge in [-0.3, -0.25) is 14.4 Å². The summed E-state index contributed by atoms with van der Waals surface area (Å²) >= 11 is 0. The topological polar surface area (TPSA) is 96.4 Å². The number of likely N-dealkylation sites (tertiary alicyclic amines) is 1. The van der Waals surface area contributed by atoms with Crippen LogP contribution >= 0.6 is 0 Å². The number of carbonyl (C=O) groups is 3. The molecule has 5 atom stereocenters. The van der Waals surface area contributed by atoms with E-state index in [1.807, 2.05) is 57.2 Å². The van der Waals surface area contributed by atoms with E-state index in [1.165, 1.54) is 0 Å². The van der Waals surface area contributed by atoms with Crippen molar-refractivity contribution >= 4 is 23.5 Å². The lowest BCUT2D eigenvalue weighted by atomic mass is 9.75. The number of benzene rings is 1. The molecule has 4 aliphatic heterocycles. The minimum atomic E-state index is -1.27. The number of aliphatic hydroxyl groups excluding tert-OH is 1. The highest BCUT2D eigenvalue weighted by Gasteiger charge is 2.74. The predicted octanol–water partition coefficient (Wildman–Crippen LogP) is 2.84. The zero-order chi connectivity index (χ0) is 26.4. The maximum atomic E-state index is 14.4. The maximum Gasteiger partial charge on any atom is 0.313 e. The van der Waals surface area contributed by atoms with Crippen LogP contribution < -0.4 is 4.90 Å². The number of amides is 2. The molecule has 1 spiro atoms. The number of fused-ring (bicyclic) bond motifs is 2. The number of rotatable bonds is 7. The average Bonchev–Trinajstić information content (AvgIpc) is 3.11. The molecule has 198 valence electrons. The van der Waals surface area contributed by atoms with Crippen LogP contribution in [-0.2, 0) is 23.9 Å². The minimum Gasteiger partial charge on any atom is -0.461 e. The molecule has 1 N–H and O–H groups in total. The number of hydrogen-bond acceptors (Lipinski definition) is 6. The number of ether oxygens (including phenoxy) is 2. The first kappa shape index (κ1) is 25.7. The molecule has 0 radical (unpaired) electrons. The molecule has 1 aromatic rings. The molecule has 0 aromatic heterocycles. The molecule has 0 aliphatic carbocycles. The highest BCUT2D eigenvalue weighted by Crippen LogP contribution is 2.57. The molecule has 4 heterocycles. The summed E-state index contributed by atoms with van der Waals surface area (Å²) in [6, 6.07) is 5.11. The zero-order valence-electron chi connectivity index (χ0n) is 21.8. The summed E-state index contributed by atoms with van der Waals surface area (Å²) < 4.78 is 12.2. The van der Waals surface area contributed by atoms with Gasteiger partial charge in [-0.05, 0) is 56.9 Å². The number of aryl methyl sites for hydroxylation is 2. The van der Waals surface area contributed by atoms with Crippen molar-refractivity contribution < 1.29 is 29.0 Å². The maximum absolute atomic E-state index is 14.4. The fourth-order valence-electron chi connectivity index (χ4n) is 6.57. The molecule has 5 rings (SSSR count). The van der Waals surface area contributed by atoms with Crippen LogP contribution in [0.5, 0.6) is 0 Å². The lowest BCUT2D eigenvalue weighted by Gasteiger charge is -2.37. The summed E-state index contributed by atoms with van der Waals surface area (Å²) in [5, 5.41) is 9.12. The van der Waals surface area contributed by atoms with Gasteiger partial charge in [0.2, 0.25) is 5.91 Å². The van der Waals surface area contributed by atoms with Gasteiger partial charge in [-0.1, -0.05) is 43.2 Å². The van der Waals surface area contributed by atoms with Crippen LogP contribution in [0, 0.1) is 25.7 Å². The molecule has 8 heteroatoms. The molecule has 1 unspecified atom stereocenters. The smallest absolute Gasteiger partial charge is 0.313 e. The first-order valence-electron chi connectivity index (χ1n) is 13.3. The number of nitrogens with zero attached hydrogens (tertiary/aromatic N) is 2. The monoisotopic (exact) mass is 508 g/mol. The van der Waals surface area contributed by atoms with E-state index in [0.29, 0.717) is 25.9 Å². The van der Waals surface area contributed by atoms with Crippen LogP contribution in [0.2, 0.25) is 0 Å². The van der Waals surface area contributed by atoms with Crippen LogP contribution in [0.4, 0.5) is 5.69 Å². The van der Waals surface area contributed by atoms with Gasteiger partial charge in [0.25, 0.3) is 5.91 Å². The number of anilines is 1. The molecule has 37 heavy (non-hydrogen) atoms. The molecule has 2 saturated heterocycles. The Hall–Kier alpha value is -2.97. The van der Waals surface area contributed by atoms with Crippen molar-refractivity contribution in [3.63, 3.8) is 0 Å². The number of aliphatic hydroxyl groups is 1. The van der Waals surface area contributed by atoms with Crippen molar-refractivity contribution in [1.82, 2.24) is 4.90 Å². The highest BCUT2D eigenvalue weighted by atomic mass is 16.6. The molecule has 0 saturated carbocycles. The van der Waals surface area contributed by atoms with Crippen molar-refractivity contribution in [2.45, 2.75) is 63.7 Å². The summed E-state index contributed by atoms with van der Waals surface area (Å²) in [6.07, 6.45) is 10.4. The van der Waals surface area contributed by atoms with E-state index in [0.717, 1.165) is 29.7 Å². The first-order valence-corrected chi connectivity index (χ1v) is 13.3. The number of esters is 1. The van der Waals surface area contributed by atoms with Crippen molar-refractivity contribution in [2.24, 2.45) is 11.8 Å². The van der Waals surface area contributed by atoms with Crippen molar-refractivity contribution in [1.29, 1.82) is 0 Å². The average molecular weight is 509 g/mol. The van der Waals surface area contributed by atoms with E-state index in [1.54, 1.807) is 15.9 Å². The Balaban J connectivity index is 1.58. The quantitative estimate of drug-likeness (QED) is 0.346. The molecule has 2 fully saturated rings. The van der Waals surface area contributed by atoms with E-state index >= 15 is 0 Å². The van der Waals surface area contributed by atoms with Crippen LogP contribution in [0.3, 0.4) is 0 Å². The Kier molecular flexibility index (Phi) is 6.75. The fourth-order valence-corrected chi connectivity index (χ4v) is 6.57. The van der Waals surface area contributed by atoms with Gasteiger partial charge in [-0.25, -0.2) is 0 Å². The summed E-state index contributed by atoms with van der Waals surface area (Å²) in [4.78, 5) is 45.1. The SMILES string of the molecule is Cc1ccc(C)c(N2CC=C[C@]34O[C@@]5(C)C=CCOC(=O)[C@H]5[C@H]3C(=O)N(CCCCCCO)C4C2=O)c1. The number of carbonyl (C=O) groups excluding carboxylic acids is 3. The van der Waals surface area contributed by atoms with Crippen molar-refractivity contribution in [3.8, 4) is 0 Å². The second-order valence-electron chi connectivity index (χ2n) is 10.8. The van der Waals surface area contributed by atoms with Gasteiger partial charge in [0, 0.05) is 25.4 Å². The van der Waals surface area contributed by atoms with Gasteiger partial charge in [0.1, 0.15) is 24.2 Å². The predicted molar refractivity (Wildman–Crippen MR) is 138 cm³/mol. The molecule has 8 nitrogen and oxygen atoms in total. The van der Waals surface area contributed by atoms with E-state index in [9.17, 15) is 14.4 Å². The minimum absolute atomic E-state index is 0.133. The normalized spacial score (nSPS) is 32.6. The summed E-state index contributed by atoms with van der Waals surface area (Å²) in [5.74, 6) is -2.61. The van der Waals surface area contributed by atoms with Gasteiger partial charge in [-0.2, -0.15) is 0 Å². The summed E-state index contributed by atoms with van der Waals surface area (Å²) in [5.41, 5.74) is 0.487. The fraction of sp³-hybridized carbons (Fsp3) is 0.552. The van der Waals surface area contributed by atoms with E-state index in [4.69, 9.17) is 14.6 Å². The van der Waals surface area contributed by atoms with Gasteiger partial charge < -0.3 is 24.4 Å².